The van der Waals surface area contributed by atoms with E-state index in [9.17, 15) is 0 Å². The lowest BCUT2D eigenvalue weighted by Gasteiger charge is -2.17. The minimum Gasteiger partial charge on any atom is -0.342 e. The minimum absolute atomic E-state index is 0.601. The van der Waals surface area contributed by atoms with Crippen molar-refractivity contribution < 1.29 is 0 Å². The number of benzene rings is 1. The summed E-state index contributed by atoms with van der Waals surface area (Å²) >= 11 is 0. The van der Waals surface area contributed by atoms with Crippen LogP contribution in [0, 0.1) is 13.8 Å². The van der Waals surface area contributed by atoms with Gasteiger partial charge in [-0.15, -0.1) is 5.10 Å². The normalized spacial score (nSPS) is 10.5. The Labute approximate surface area is 148 Å². The maximum atomic E-state index is 4.58. The molecule has 0 radical (unpaired) electrons. The van der Waals surface area contributed by atoms with E-state index in [0.717, 1.165) is 18.7 Å². The lowest BCUT2D eigenvalue weighted by Crippen LogP contribution is -2.23. The standard InChI is InChI=1S/C19H22N6/c1-14-5-4-6-17(15(14)2)22-18-13-21-24-19(23-18)25(3)12-9-16-7-10-20-11-8-16/h4-8,10-11,13H,9,12H2,1-3H3,(H,22,23,24). The smallest absolute Gasteiger partial charge is 0.247 e. The topological polar surface area (TPSA) is 66.8 Å². The second-order valence-corrected chi connectivity index (χ2v) is 6.04. The molecular formula is C19H22N6. The van der Waals surface area contributed by atoms with Gasteiger partial charge in [0.25, 0.3) is 0 Å². The van der Waals surface area contributed by atoms with Crippen LogP contribution in [0.15, 0.2) is 48.9 Å². The Bertz CT molecular complexity index is 834. The molecule has 6 heteroatoms. The third-order valence-electron chi connectivity index (χ3n) is 4.24. The van der Waals surface area contributed by atoms with Crippen LogP contribution in [-0.4, -0.2) is 33.8 Å². The summed E-state index contributed by atoms with van der Waals surface area (Å²) in [4.78, 5) is 10.6. The van der Waals surface area contributed by atoms with Gasteiger partial charge in [-0.05, 0) is 55.2 Å². The molecule has 0 saturated heterocycles. The zero-order valence-electron chi connectivity index (χ0n) is 14.8. The number of nitrogens with zero attached hydrogens (tertiary/aromatic N) is 5. The highest BCUT2D eigenvalue weighted by atomic mass is 15.3. The predicted octanol–water partition coefficient (Wildman–Crippen LogP) is 3.31. The molecule has 0 aliphatic heterocycles. The van der Waals surface area contributed by atoms with Crippen molar-refractivity contribution in [2.45, 2.75) is 20.3 Å². The van der Waals surface area contributed by atoms with Crippen molar-refractivity contribution in [3.63, 3.8) is 0 Å². The highest BCUT2D eigenvalue weighted by Gasteiger charge is 2.08. The van der Waals surface area contributed by atoms with Crippen molar-refractivity contribution in [2.24, 2.45) is 0 Å². The second-order valence-electron chi connectivity index (χ2n) is 6.04. The summed E-state index contributed by atoms with van der Waals surface area (Å²) in [7, 11) is 1.97. The molecule has 25 heavy (non-hydrogen) atoms. The van der Waals surface area contributed by atoms with E-state index < -0.39 is 0 Å². The lowest BCUT2D eigenvalue weighted by molar-refractivity contribution is 0.812. The first-order valence-corrected chi connectivity index (χ1v) is 8.26. The Balaban J connectivity index is 1.69. The summed E-state index contributed by atoms with van der Waals surface area (Å²) in [5, 5.41) is 11.6. The van der Waals surface area contributed by atoms with E-state index in [1.165, 1.54) is 16.7 Å². The molecule has 0 amide bonds. The van der Waals surface area contributed by atoms with Gasteiger partial charge < -0.3 is 10.2 Å². The zero-order valence-corrected chi connectivity index (χ0v) is 14.8. The van der Waals surface area contributed by atoms with Crippen LogP contribution < -0.4 is 10.2 Å². The Morgan fingerprint density at radius 1 is 1.08 bits per heavy atom. The first-order valence-electron chi connectivity index (χ1n) is 8.26. The van der Waals surface area contributed by atoms with Gasteiger partial charge in [0.15, 0.2) is 5.82 Å². The van der Waals surface area contributed by atoms with Gasteiger partial charge in [-0.3, -0.25) is 4.98 Å². The average molecular weight is 334 g/mol. The number of aryl methyl sites for hydroxylation is 1. The molecular weight excluding hydrogens is 312 g/mol. The van der Waals surface area contributed by atoms with Crippen molar-refractivity contribution >= 4 is 17.5 Å². The molecule has 2 heterocycles. The maximum Gasteiger partial charge on any atom is 0.247 e. The van der Waals surface area contributed by atoms with Gasteiger partial charge in [0.2, 0.25) is 5.95 Å². The van der Waals surface area contributed by atoms with Crippen LogP contribution in [0.1, 0.15) is 16.7 Å². The fraction of sp³-hybridized carbons (Fsp3) is 0.263. The molecule has 1 aromatic carbocycles. The highest BCUT2D eigenvalue weighted by Crippen LogP contribution is 2.22. The number of pyridine rings is 1. The zero-order chi connectivity index (χ0) is 17.6. The molecule has 0 spiro atoms. The molecule has 6 nitrogen and oxygen atoms in total. The monoisotopic (exact) mass is 334 g/mol. The Kier molecular flexibility index (Phi) is 5.18. The van der Waals surface area contributed by atoms with Gasteiger partial charge in [-0.25, -0.2) is 0 Å². The van der Waals surface area contributed by atoms with Crippen LogP contribution in [0.3, 0.4) is 0 Å². The maximum absolute atomic E-state index is 4.58. The van der Waals surface area contributed by atoms with Crippen molar-refractivity contribution in [1.82, 2.24) is 20.2 Å². The third-order valence-corrected chi connectivity index (χ3v) is 4.24. The number of aromatic nitrogens is 4. The van der Waals surface area contributed by atoms with Crippen LogP contribution in [0.5, 0.6) is 0 Å². The summed E-state index contributed by atoms with van der Waals surface area (Å²) in [6.45, 7) is 4.99. The predicted molar refractivity (Wildman–Crippen MR) is 100 cm³/mol. The molecule has 1 N–H and O–H groups in total. The molecule has 2 aromatic heterocycles. The number of likely N-dealkylation sites (N-methyl/N-ethyl adjacent to an activating group) is 1. The summed E-state index contributed by atoms with van der Waals surface area (Å²) < 4.78 is 0. The minimum atomic E-state index is 0.601. The van der Waals surface area contributed by atoms with Crippen molar-refractivity contribution in [2.75, 3.05) is 23.8 Å². The molecule has 0 aliphatic carbocycles. The first-order chi connectivity index (χ1) is 12.1. The molecule has 0 aliphatic rings. The number of rotatable bonds is 6. The highest BCUT2D eigenvalue weighted by molar-refractivity contribution is 5.61. The van der Waals surface area contributed by atoms with Gasteiger partial charge in [0, 0.05) is 31.7 Å². The summed E-state index contributed by atoms with van der Waals surface area (Å²) in [5.41, 5.74) is 4.71. The van der Waals surface area contributed by atoms with Crippen molar-refractivity contribution in [3.05, 3.63) is 65.6 Å². The fourth-order valence-electron chi connectivity index (χ4n) is 2.49. The molecule has 0 saturated carbocycles. The summed E-state index contributed by atoms with van der Waals surface area (Å²) in [5.74, 6) is 1.29. The summed E-state index contributed by atoms with van der Waals surface area (Å²) in [6, 6.07) is 10.2. The van der Waals surface area contributed by atoms with Crippen molar-refractivity contribution in [3.8, 4) is 0 Å². The third kappa shape index (κ3) is 4.29. The molecule has 3 aromatic rings. The number of hydrogen-bond donors (Lipinski definition) is 1. The van der Waals surface area contributed by atoms with Crippen LogP contribution in [-0.2, 0) is 6.42 Å². The largest absolute Gasteiger partial charge is 0.342 e. The number of anilines is 3. The average Bonchev–Trinajstić information content (AvgIpc) is 2.64. The quantitative estimate of drug-likeness (QED) is 0.746. The summed E-state index contributed by atoms with van der Waals surface area (Å²) in [6.07, 6.45) is 6.16. The Morgan fingerprint density at radius 2 is 1.88 bits per heavy atom. The van der Waals surface area contributed by atoms with Crippen LogP contribution in [0.2, 0.25) is 0 Å². The van der Waals surface area contributed by atoms with E-state index in [4.69, 9.17) is 0 Å². The Hall–Kier alpha value is -3.02. The lowest BCUT2D eigenvalue weighted by atomic mass is 10.1. The fourth-order valence-corrected chi connectivity index (χ4v) is 2.49. The van der Waals surface area contributed by atoms with E-state index in [2.05, 4.69) is 45.4 Å². The van der Waals surface area contributed by atoms with Crippen LogP contribution in [0.4, 0.5) is 17.5 Å². The van der Waals surface area contributed by atoms with E-state index >= 15 is 0 Å². The van der Waals surface area contributed by atoms with E-state index in [1.54, 1.807) is 6.20 Å². The van der Waals surface area contributed by atoms with Gasteiger partial charge in [-0.2, -0.15) is 10.1 Å². The van der Waals surface area contributed by atoms with E-state index in [0.29, 0.717) is 11.8 Å². The molecule has 0 atom stereocenters. The molecule has 128 valence electrons. The first kappa shape index (κ1) is 16.8. The molecule has 0 bridgehead atoms. The molecule has 0 fully saturated rings. The second kappa shape index (κ2) is 7.70. The SMILES string of the molecule is Cc1cccc(Nc2cnnc(N(C)CCc3ccncc3)n2)c1C. The van der Waals surface area contributed by atoms with Gasteiger partial charge in [0.1, 0.15) is 0 Å². The Morgan fingerprint density at radius 3 is 2.68 bits per heavy atom. The number of nitrogens with one attached hydrogen (secondary N) is 1. The molecule has 3 rings (SSSR count). The van der Waals surface area contributed by atoms with Gasteiger partial charge in [-0.1, -0.05) is 12.1 Å². The van der Waals surface area contributed by atoms with Crippen molar-refractivity contribution in [1.29, 1.82) is 0 Å². The van der Waals surface area contributed by atoms with Crippen LogP contribution in [0.25, 0.3) is 0 Å². The molecule has 0 unspecified atom stereocenters. The van der Waals surface area contributed by atoms with E-state index in [-0.39, 0.29) is 0 Å². The van der Waals surface area contributed by atoms with Gasteiger partial charge >= 0.3 is 0 Å². The van der Waals surface area contributed by atoms with Gasteiger partial charge in [0.05, 0.1) is 6.20 Å². The number of hydrogen-bond acceptors (Lipinski definition) is 6. The van der Waals surface area contributed by atoms with E-state index in [1.807, 2.05) is 48.6 Å². The van der Waals surface area contributed by atoms with Crippen LogP contribution >= 0.6 is 0 Å².